The van der Waals surface area contributed by atoms with Crippen LogP contribution in [0.15, 0.2) is 59.6 Å². The van der Waals surface area contributed by atoms with Crippen LogP contribution in [0.3, 0.4) is 0 Å². The Kier molecular flexibility index (Phi) is 4.95. The second-order valence-electron chi connectivity index (χ2n) is 6.90. The van der Waals surface area contributed by atoms with Gasteiger partial charge in [-0.1, -0.05) is 6.07 Å². The number of carbonyl (C=O) groups excluding carboxylic acids is 2. The summed E-state index contributed by atoms with van der Waals surface area (Å²) in [4.78, 5) is 28.8. The molecule has 0 radical (unpaired) electrons. The Morgan fingerprint density at radius 2 is 1.81 bits per heavy atom. The predicted octanol–water partition coefficient (Wildman–Crippen LogP) is 3.89. The molecule has 0 unspecified atom stereocenters. The summed E-state index contributed by atoms with van der Waals surface area (Å²) in [5, 5.41) is 4.98. The smallest absolute Gasteiger partial charge is 0.282 e. The molecule has 2 amide bonds. The molecule has 0 fully saturated rings. The van der Waals surface area contributed by atoms with Gasteiger partial charge in [-0.3, -0.25) is 9.59 Å². The Morgan fingerprint density at radius 3 is 2.56 bits per heavy atom. The van der Waals surface area contributed by atoms with Gasteiger partial charge in [-0.15, -0.1) is 11.3 Å². The number of thiophene rings is 1. The third-order valence-corrected chi connectivity index (χ3v) is 6.01. The van der Waals surface area contributed by atoms with Crippen LogP contribution in [0.5, 0.6) is 23.0 Å². The number of fused-ring (bicyclic) bond motifs is 1. The molecule has 162 valence electrons. The molecule has 3 heterocycles. The summed E-state index contributed by atoms with van der Waals surface area (Å²) < 4.78 is 21.4. The van der Waals surface area contributed by atoms with E-state index in [9.17, 15) is 9.59 Å². The molecule has 0 bridgehead atoms. The van der Waals surface area contributed by atoms with Crippen molar-refractivity contribution in [2.24, 2.45) is 0 Å². The maximum absolute atomic E-state index is 13.5. The zero-order valence-electron chi connectivity index (χ0n) is 17.2. The van der Waals surface area contributed by atoms with Gasteiger partial charge in [0.25, 0.3) is 11.8 Å². The number of methoxy groups -OCH3 is 2. The van der Waals surface area contributed by atoms with Crippen LogP contribution in [0.25, 0.3) is 5.57 Å². The number of amides is 2. The highest BCUT2D eigenvalue weighted by Gasteiger charge is 2.42. The maximum Gasteiger partial charge on any atom is 0.282 e. The van der Waals surface area contributed by atoms with Crippen molar-refractivity contribution in [3.63, 3.8) is 0 Å². The second kappa shape index (κ2) is 7.93. The molecule has 1 N–H and O–H groups in total. The van der Waals surface area contributed by atoms with E-state index in [1.807, 2.05) is 11.4 Å². The van der Waals surface area contributed by atoms with Crippen LogP contribution in [0.1, 0.15) is 4.88 Å². The van der Waals surface area contributed by atoms with Gasteiger partial charge < -0.3 is 24.3 Å². The first-order valence-electron chi connectivity index (χ1n) is 9.66. The number of carbonyl (C=O) groups is 2. The van der Waals surface area contributed by atoms with E-state index < -0.39 is 11.8 Å². The minimum Gasteiger partial charge on any atom is -0.497 e. The topological polar surface area (TPSA) is 86.3 Å². The van der Waals surface area contributed by atoms with Gasteiger partial charge in [-0.2, -0.15) is 0 Å². The maximum atomic E-state index is 13.5. The van der Waals surface area contributed by atoms with E-state index in [1.165, 1.54) is 25.6 Å². The second-order valence-corrected chi connectivity index (χ2v) is 7.85. The molecule has 0 saturated carbocycles. The quantitative estimate of drug-likeness (QED) is 0.570. The molecule has 3 aromatic rings. The molecule has 9 heteroatoms. The molecule has 0 atom stereocenters. The zero-order chi connectivity index (χ0) is 22.2. The average molecular weight is 450 g/mol. The first-order valence-corrected chi connectivity index (χ1v) is 10.5. The van der Waals surface area contributed by atoms with Crippen molar-refractivity contribution in [3.05, 3.63) is 64.5 Å². The molecule has 0 aliphatic carbocycles. The van der Waals surface area contributed by atoms with Crippen LogP contribution < -0.4 is 29.2 Å². The molecule has 1 aromatic heterocycles. The monoisotopic (exact) mass is 450 g/mol. The summed E-state index contributed by atoms with van der Waals surface area (Å²) in [6, 6.07) is 13.8. The Bertz CT molecular complexity index is 1250. The van der Waals surface area contributed by atoms with E-state index in [0.29, 0.717) is 44.8 Å². The summed E-state index contributed by atoms with van der Waals surface area (Å²) in [6.07, 6.45) is 0. The number of benzene rings is 2. The average Bonchev–Trinajstić information content (AvgIpc) is 3.54. The van der Waals surface area contributed by atoms with Crippen LogP contribution in [0.2, 0.25) is 0 Å². The van der Waals surface area contributed by atoms with Crippen LogP contribution in [-0.2, 0) is 9.59 Å². The van der Waals surface area contributed by atoms with E-state index in [0.717, 1.165) is 4.90 Å². The van der Waals surface area contributed by atoms with Crippen molar-refractivity contribution >= 4 is 40.1 Å². The van der Waals surface area contributed by atoms with Crippen molar-refractivity contribution < 1.29 is 28.5 Å². The standard InChI is InChI=1S/C23H18N2O6S/c1-28-14-6-7-15(17(11-14)29-2)25-22(26)20(19-4-3-9-32-19)21(23(25)27)24-13-5-8-16-18(10-13)31-12-30-16/h3-11,24H,12H2,1-2H3. The summed E-state index contributed by atoms with van der Waals surface area (Å²) in [6.45, 7) is 0.143. The third-order valence-electron chi connectivity index (χ3n) is 5.12. The number of nitrogens with one attached hydrogen (secondary N) is 1. The fraction of sp³-hybridized carbons (Fsp3) is 0.130. The first-order chi connectivity index (χ1) is 15.6. The Balaban J connectivity index is 1.58. The van der Waals surface area contributed by atoms with E-state index in [4.69, 9.17) is 18.9 Å². The van der Waals surface area contributed by atoms with Gasteiger partial charge in [0.15, 0.2) is 11.5 Å². The van der Waals surface area contributed by atoms with E-state index in [2.05, 4.69) is 5.32 Å². The Labute approximate surface area is 187 Å². The van der Waals surface area contributed by atoms with Gasteiger partial charge >= 0.3 is 0 Å². The van der Waals surface area contributed by atoms with Crippen molar-refractivity contribution in [2.45, 2.75) is 0 Å². The van der Waals surface area contributed by atoms with E-state index in [1.54, 1.807) is 42.5 Å². The molecule has 2 aliphatic rings. The lowest BCUT2D eigenvalue weighted by atomic mass is 10.1. The molecule has 8 nitrogen and oxygen atoms in total. The molecular weight excluding hydrogens is 432 g/mol. The summed E-state index contributed by atoms with van der Waals surface area (Å²) in [7, 11) is 3.01. The molecule has 0 spiro atoms. The fourth-order valence-corrected chi connectivity index (χ4v) is 4.37. The van der Waals surface area contributed by atoms with Crippen LogP contribution >= 0.6 is 11.3 Å². The van der Waals surface area contributed by atoms with Crippen LogP contribution in [0.4, 0.5) is 11.4 Å². The SMILES string of the molecule is COc1ccc(N2C(=O)C(Nc3ccc4c(c3)OCO4)=C(c3cccs3)C2=O)c(OC)c1. The fourth-order valence-electron chi connectivity index (χ4n) is 3.60. The largest absolute Gasteiger partial charge is 0.497 e. The number of anilines is 2. The number of ether oxygens (including phenoxy) is 4. The molecule has 5 rings (SSSR count). The summed E-state index contributed by atoms with van der Waals surface area (Å²) in [5.41, 5.74) is 1.40. The predicted molar refractivity (Wildman–Crippen MR) is 119 cm³/mol. The van der Waals surface area contributed by atoms with Crippen molar-refractivity contribution in [1.82, 2.24) is 0 Å². The number of hydrogen-bond donors (Lipinski definition) is 1. The number of hydrogen-bond acceptors (Lipinski definition) is 8. The minimum absolute atomic E-state index is 0.143. The molecule has 32 heavy (non-hydrogen) atoms. The van der Waals surface area contributed by atoms with Crippen molar-refractivity contribution in [1.29, 1.82) is 0 Å². The lowest BCUT2D eigenvalue weighted by Gasteiger charge is -2.19. The van der Waals surface area contributed by atoms with E-state index in [-0.39, 0.29) is 12.5 Å². The number of nitrogens with zero attached hydrogens (tertiary/aromatic N) is 1. The number of rotatable bonds is 6. The normalized spacial score (nSPS) is 14.9. The first kappa shape index (κ1) is 20.0. The molecule has 2 aliphatic heterocycles. The van der Waals surface area contributed by atoms with Gasteiger partial charge in [-0.05, 0) is 35.7 Å². The summed E-state index contributed by atoms with van der Waals surface area (Å²) >= 11 is 1.38. The third kappa shape index (κ3) is 3.23. The highest BCUT2D eigenvalue weighted by Crippen LogP contribution is 2.41. The van der Waals surface area contributed by atoms with Gasteiger partial charge in [0.05, 0.1) is 25.5 Å². The van der Waals surface area contributed by atoms with Crippen LogP contribution in [0, 0.1) is 0 Å². The Morgan fingerprint density at radius 1 is 0.969 bits per heavy atom. The van der Waals surface area contributed by atoms with Gasteiger partial charge in [-0.25, -0.2) is 4.90 Å². The zero-order valence-corrected chi connectivity index (χ0v) is 18.0. The van der Waals surface area contributed by atoms with Crippen molar-refractivity contribution in [2.75, 3.05) is 31.2 Å². The number of imide groups is 1. The van der Waals surface area contributed by atoms with Crippen molar-refractivity contribution in [3.8, 4) is 23.0 Å². The highest BCUT2D eigenvalue weighted by molar-refractivity contribution is 7.11. The molecular formula is C23H18N2O6S. The van der Waals surface area contributed by atoms with Gasteiger partial charge in [0.2, 0.25) is 6.79 Å². The highest BCUT2D eigenvalue weighted by atomic mass is 32.1. The van der Waals surface area contributed by atoms with E-state index >= 15 is 0 Å². The molecule has 0 saturated heterocycles. The lowest BCUT2D eigenvalue weighted by molar-refractivity contribution is -0.120. The minimum atomic E-state index is -0.487. The summed E-state index contributed by atoms with van der Waals surface area (Å²) in [5.74, 6) is 1.17. The van der Waals surface area contributed by atoms with Gasteiger partial charge in [0, 0.05) is 22.7 Å². The van der Waals surface area contributed by atoms with Gasteiger partial charge in [0.1, 0.15) is 17.2 Å². The molecule has 2 aromatic carbocycles. The van der Waals surface area contributed by atoms with Crippen LogP contribution in [-0.4, -0.2) is 32.8 Å². The lowest BCUT2D eigenvalue weighted by Crippen LogP contribution is -2.32. The Hall–Kier alpha value is -3.98.